The Bertz CT molecular complexity index is 446. The highest BCUT2D eigenvalue weighted by Gasteiger charge is 2.21. The first-order chi connectivity index (χ1) is 8.92. The molecule has 0 aromatic carbocycles. The lowest BCUT2D eigenvalue weighted by atomic mass is 10.1. The highest BCUT2D eigenvalue weighted by atomic mass is 19.3. The summed E-state index contributed by atoms with van der Waals surface area (Å²) < 4.78 is 26.0. The second-order valence-electron chi connectivity index (χ2n) is 4.25. The Balaban J connectivity index is 2.90. The first kappa shape index (κ1) is 15.6. The number of carbonyl (C=O) groups is 1. The maximum absolute atomic E-state index is 12.7. The van der Waals surface area contributed by atoms with Gasteiger partial charge in [0.25, 0.3) is 0 Å². The third-order valence-electron chi connectivity index (χ3n) is 3.09. The molecule has 0 saturated carbocycles. The maximum atomic E-state index is 12.7. The van der Waals surface area contributed by atoms with Crippen LogP contribution in [0.3, 0.4) is 0 Å². The SMILES string of the molecule is CCN(CCO)C(=O)Cc1c(C)nn(C(F)F)c1C. The highest BCUT2D eigenvalue weighted by Crippen LogP contribution is 2.20. The summed E-state index contributed by atoms with van der Waals surface area (Å²) >= 11 is 0. The molecule has 0 atom stereocenters. The number of hydrogen-bond acceptors (Lipinski definition) is 3. The first-order valence-electron chi connectivity index (χ1n) is 6.13. The van der Waals surface area contributed by atoms with Crippen molar-refractivity contribution in [2.45, 2.75) is 33.7 Å². The minimum Gasteiger partial charge on any atom is -0.395 e. The number of likely N-dealkylation sites (N-methyl/N-ethyl adjacent to an activating group) is 1. The number of aliphatic hydroxyl groups is 1. The molecular formula is C12H19F2N3O2. The van der Waals surface area contributed by atoms with E-state index in [4.69, 9.17) is 5.11 Å². The van der Waals surface area contributed by atoms with E-state index in [1.807, 2.05) is 0 Å². The summed E-state index contributed by atoms with van der Waals surface area (Å²) in [7, 11) is 0. The zero-order chi connectivity index (χ0) is 14.6. The van der Waals surface area contributed by atoms with Crippen LogP contribution in [-0.2, 0) is 11.2 Å². The normalized spacial score (nSPS) is 11.1. The van der Waals surface area contributed by atoms with Crippen molar-refractivity contribution in [1.29, 1.82) is 0 Å². The third-order valence-corrected chi connectivity index (χ3v) is 3.09. The topological polar surface area (TPSA) is 58.4 Å². The number of rotatable bonds is 6. The molecule has 0 fully saturated rings. The molecule has 108 valence electrons. The predicted octanol–water partition coefficient (Wildman–Crippen LogP) is 1.28. The summed E-state index contributed by atoms with van der Waals surface area (Å²) in [5.74, 6) is -0.198. The third kappa shape index (κ3) is 3.50. The number of aromatic nitrogens is 2. The van der Waals surface area contributed by atoms with E-state index in [0.717, 1.165) is 0 Å². The van der Waals surface area contributed by atoms with Gasteiger partial charge >= 0.3 is 6.55 Å². The smallest absolute Gasteiger partial charge is 0.333 e. The fraction of sp³-hybridized carbons (Fsp3) is 0.667. The number of aryl methyl sites for hydroxylation is 1. The molecule has 5 nitrogen and oxygen atoms in total. The second-order valence-corrected chi connectivity index (χ2v) is 4.25. The van der Waals surface area contributed by atoms with Crippen LogP contribution in [0.4, 0.5) is 8.78 Å². The summed E-state index contributed by atoms with van der Waals surface area (Å²) in [6.07, 6.45) is 0.0260. The maximum Gasteiger partial charge on any atom is 0.333 e. The van der Waals surface area contributed by atoms with Crippen LogP contribution in [0.2, 0.25) is 0 Å². The van der Waals surface area contributed by atoms with Crippen molar-refractivity contribution in [1.82, 2.24) is 14.7 Å². The van der Waals surface area contributed by atoms with Gasteiger partial charge < -0.3 is 10.0 Å². The van der Waals surface area contributed by atoms with Crippen LogP contribution in [-0.4, -0.2) is 45.4 Å². The number of amides is 1. The number of carbonyl (C=O) groups excluding carboxylic acids is 1. The Morgan fingerprint density at radius 1 is 1.47 bits per heavy atom. The minimum atomic E-state index is -2.71. The van der Waals surface area contributed by atoms with Gasteiger partial charge in [-0.3, -0.25) is 4.79 Å². The first-order valence-corrected chi connectivity index (χ1v) is 6.13. The van der Waals surface area contributed by atoms with Crippen LogP contribution < -0.4 is 0 Å². The number of aliphatic hydroxyl groups excluding tert-OH is 1. The van der Waals surface area contributed by atoms with Crippen LogP contribution >= 0.6 is 0 Å². The van der Waals surface area contributed by atoms with E-state index >= 15 is 0 Å². The molecule has 1 amide bonds. The van der Waals surface area contributed by atoms with Gasteiger partial charge in [0, 0.05) is 24.3 Å². The standard InChI is InChI=1S/C12H19F2N3O2/c1-4-16(5-6-18)11(19)7-10-8(2)15-17(9(10)3)12(13)14/h12,18H,4-7H2,1-3H3. The van der Waals surface area contributed by atoms with E-state index in [-0.39, 0.29) is 25.5 Å². The van der Waals surface area contributed by atoms with Gasteiger partial charge in [-0.25, -0.2) is 4.68 Å². The van der Waals surface area contributed by atoms with Crippen molar-refractivity contribution in [2.75, 3.05) is 19.7 Å². The quantitative estimate of drug-likeness (QED) is 0.850. The van der Waals surface area contributed by atoms with Crippen LogP contribution in [0.5, 0.6) is 0 Å². The van der Waals surface area contributed by atoms with E-state index in [2.05, 4.69) is 5.10 Å². The zero-order valence-electron chi connectivity index (χ0n) is 11.4. The van der Waals surface area contributed by atoms with E-state index in [9.17, 15) is 13.6 Å². The summed E-state index contributed by atoms with van der Waals surface area (Å²) in [4.78, 5) is 13.5. The molecule has 1 aromatic rings. The summed E-state index contributed by atoms with van der Waals surface area (Å²) in [5, 5.41) is 12.6. The van der Waals surface area contributed by atoms with Crippen molar-refractivity contribution < 1.29 is 18.7 Å². The molecule has 0 saturated heterocycles. The average Bonchev–Trinajstić information content (AvgIpc) is 2.63. The number of halogens is 2. The van der Waals surface area contributed by atoms with Gasteiger partial charge in [-0.05, 0) is 20.8 Å². The molecule has 1 N–H and O–H groups in total. The Labute approximate surface area is 110 Å². The van der Waals surface area contributed by atoms with Gasteiger partial charge in [-0.15, -0.1) is 0 Å². The molecule has 0 unspecified atom stereocenters. The average molecular weight is 275 g/mol. The van der Waals surface area contributed by atoms with Gasteiger partial charge in [-0.2, -0.15) is 13.9 Å². The van der Waals surface area contributed by atoms with Crippen LogP contribution in [0.25, 0.3) is 0 Å². The van der Waals surface area contributed by atoms with Gasteiger partial charge in [0.05, 0.1) is 18.7 Å². The lowest BCUT2D eigenvalue weighted by Gasteiger charge is -2.19. The molecular weight excluding hydrogens is 256 g/mol. The predicted molar refractivity (Wildman–Crippen MR) is 66.0 cm³/mol. The highest BCUT2D eigenvalue weighted by molar-refractivity contribution is 5.79. The molecule has 1 rings (SSSR count). The number of hydrogen-bond donors (Lipinski definition) is 1. The Morgan fingerprint density at radius 3 is 2.53 bits per heavy atom. The molecule has 0 aliphatic rings. The summed E-state index contributed by atoms with van der Waals surface area (Å²) in [6.45, 7) is 2.83. The van der Waals surface area contributed by atoms with Crippen molar-refractivity contribution >= 4 is 5.91 Å². The van der Waals surface area contributed by atoms with Crippen molar-refractivity contribution in [3.05, 3.63) is 17.0 Å². The fourth-order valence-corrected chi connectivity index (χ4v) is 1.99. The minimum absolute atomic E-state index is 0.0260. The van der Waals surface area contributed by atoms with Gasteiger partial charge in [-0.1, -0.05) is 0 Å². The van der Waals surface area contributed by atoms with Crippen LogP contribution in [0.15, 0.2) is 0 Å². The molecule has 7 heteroatoms. The monoisotopic (exact) mass is 275 g/mol. The van der Waals surface area contributed by atoms with Gasteiger partial charge in [0.1, 0.15) is 0 Å². The molecule has 0 aliphatic carbocycles. The van der Waals surface area contributed by atoms with Crippen molar-refractivity contribution in [3.8, 4) is 0 Å². The second kappa shape index (κ2) is 6.60. The molecule has 0 bridgehead atoms. The van der Waals surface area contributed by atoms with Crippen LogP contribution in [0, 0.1) is 13.8 Å². The Hall–Kier alpha value is -1.50. The largest absolute Gasteiger partial charge is 0.395 e. The Kier molecular flexibility index (Phi) is 5.41. The Morgan fingerprint density at radius 2 is 2.11 bits per heavy atom. The van der Waals surface area contributed by atoms with Crippen molar-refractivity contribution in [3.63, 3.8) is 0 Å². The molecule has 1 heterocycles. The number of nitrogens with zero attached hydrogens (tertiary/aromatic N) is 3. The van der Waals surface area contributed by atoms with Crippen molar-refractivity contribution in [2.24, 2.45) is 0 Å². The molecule has 0 radical (unpaired) electrons. The van der Waals surface area contributed by atoms with E-state index < -0.39 is 6.55 Å². The molecule has 1 aromatic heterocycles. The lowest BCUT2D eigenvalue weighted by molar-refractivity contribution is -0.130. The zero-order valence-corrected chi connectivity index (χ0v) is 11.4. The van der Waals surface area contributed by atoms with E-state index in [1.54, 1.807) is 13.8 Å². The van der Waals surface area contributed by atoms with Gasteiger partial charge in [0.15, 0.2) is 0 Å². The van der Waals surface area contributed by atoms with E-state index in [1.165, 1.54) is 11.8 Å². The van der Waals surface area contributed by atoms with Crippen LogP contribution in [0.1, 0.15) is 30.4 Å². The van der Waals surface area contributed by atoms with Gasteiger partial charge in [0.2, 0.25) is 5.91 Å². The summed E-state index contributed by atoms with van der Waals surface area (Å²) in [6, 6.07) is 0. The molecule has 19 heavy (non-hydrogen) atoms. The summed E-state index contributed by atoms with van der Waals surface area (Å²) in [5.41, 5.74) is 1.27. The fourth-order valence-electron chi connectivity index (χ4n) is 1.99. The van der Waals surface area contributed by atoms with E-state index in [0.29, 0.717) is 28.2 Å². The molecule has 0 aliphatic heterocycles. The number of alkyl halides is 2. The lowest BCUT2D eigenvalue weighted by Crippen LogP contribution is -2.34. The molecule has 0 spiro atoms.